The molecule has 24 heavy (non-hydrogen) atoms. The molecule has 2 heterocycles. The molecule has 0 saturated carbocycles. The minimum Gasteiger partial charge on any atom is -0.459 e. The Bertz CT molecular complexity index is 666. The summed E-state index contributed by atoms with van der Waals surface area (Å²) in [5.74, 6) is -0.441. The van der Waals surface area contributed by atoms with Gasteiger partial charge in [0.2, 0.25) is 0 Å². The van der Waals surface area contributed by atoms with Gasteiger partial charge in [0.15, 0.2) is 0 Å². The van der Waals surface area contributed by atoms with Crippen LogP contribution in [0.3, 0.4) is 0 Å². The topological polar surface area (TPSA) is 76.7 Å². The number of esters is 1. The highest BCUT2D eigenvalue weighted by atomic mass is 79.9. The van der Waals surface area contributed by atoms with E-state index in [9.17, 15) is 9.59 Å². The number of hydrogen-bond donors (Lipinski definition) is 2. The van der Waals surface area contributed by atoms with Crippen LogP contribution >= 0.6 is 15.9 Å². The third-order valence-corrected chi connectivity index (χ3v) is 4.65. The zero-order valence-electron chi connectivity index (χ0n) is 13.3. The second kappa shape index (κ2) is 7.36. The Kier molecular flexibility index (Phi) is 5.20. The molecule has 2 N–H and O–H groups in total. The number of carbonyl (C=O) groups excluding carboxylic acids is 2. The monoisotopic (exact) mass is 394 g/mol. The average Bonchev–Trinajstić information content (AvgIpc) is 3.06. The van der Waals surface area contributed by atoms with E-state index in [-0.39, 0.29) is 18.7 Å². The van der Waals surface area contributed by atoms with Crippen LogP contribution in [0, 0.1) is 0 Å². The van der Waals surface area contributed by atoms with E-state index in [1.807, 2.05) is 24.3 Å². The maximum atomic E-state index is 12.6. The highest BCUT2D eigenvalue weighted by Gasteiger charge is 2.32. The van der Waals surface area contributed by atoms with Crippen LogP contribution in [0.2, 0.25) is 0 Å². The van der Waals surface area contributed by atoms with Gasteiger partial charge in [0, 0.05) is 16.8 Å². The van der Waals surface area contributed by atoms with Gasteiger partial charge in [0.1, 0.15) is 6.61 Å². The molecule has 3 rings (SSSR count). The summed E-state index contributed by atoms with van der Waals surface area (Å²) in [4.78, 5) is 24.4. The molecular formula is C17H19BrN2O4. The maximum Gasteiger partial charge on any atom is 0.338 e. The number of amides is 2. The molecule has 1 saturated heterocycles. The van der Waals surface area contributed by atoms with Crippen LogP contribution < -0.4 is 10.6 Å². The zero-order chi connectivity index (χ0) is 17.1. The Balaban J connectivity index is 1.80. The summed E-state index contributed by atoms with van der Waals surface area (Å²) in [5, 5.41) is 5.42. The third-order valence-electron chi connectivity index (χ3n) is 4.12. The number of nitrogens with one attached hydrogen (secondary N) is 2. The van der Waals surface area contributed by atoms with E-state index in [1.165, 1.54) is 0 Å². The van der Waals surface area contributed by atoms with Gasteiger partial charge in [-0.2, -0.15) is 0 Å². The first-order valence-corrected chi connectivity index (χ1v) is 8.66. The van der Waals surface area contributed by atoms with Gasteiger partial charge in [0.25, 0.3) is 0 Å². The number of carbonyl (C=O) groups is 2. The maximum absolute atomic E-state index is 12.6. The summed E-state index contributed by atoms with van der Waals surface area (Å²) in [5.41, 5.74) is 1.73. The molecule has 6 nitrogen and oxygen atoms in total. The van der Waals surface area contributed by atoms with E-state index in [4.69, 9.17) is 9.47 Å². The van der Waals surface area contributed by atoms with Crippen molar-refractivity contribution in [2.45, 2.75) is 31.9 Å². The van der Waals surface area contributed by atoms with Crippen LogP contribution in [0.25, 0.3) is 0 Å². The van der Waals surface area contributed by atoms with Crippen molar-refractivity contribution in [2.24, 2.45) is 0 Å². The fourth-order valence-electron chi connectivity index (χ4n) is 2.89. The highest BCUT2D eigenvalue weighted by Crippen LogP contribution is 2.28. The number of rotatable bonds is 4. The predicted molar refractivity (Wildman–Crippen MR) is 91.2 cm³/mol. The Morgan fingerprint density at radius 1 is 1.38 bits per heavy atom. The van der Waals surface area contributed by atoms with Gasteiger partial charge < -0.3 is 20.1 Å². The first-order valence-electron chi connectivity index (χ1n) is 7.87. The van der Waals surface area contributed by atoms with Crippen LogP contribution in [0.5, 0.6) is 0 Å². The van der Waals surface area contributed by atoms with Gasteiger partial charge in [0.05, 0.1) is 17.7 Å². The summed E-state index contributed by atoms with van der Waals surface area (Å²) in [6, 6.07) is 6.59. The van der Waals surface area contributed by atoms with Gasteiger partial charge in [-0.3, -0.25) is 0 Å². The molecule has 0 aliphatic carbocycles. The Hall–Kier alpha value is -1.86. The van der Waals surface area contributed by atoms with Gasteiger partial charge in [-0.05, 0) is 37.5 Å². The van der Waals surface area contributed by atoms with E-state index < -0.39 is 12.0 Å². The summed E-state index contributed by atoms with van der Waals surface area (Å²) in [7, 11) is 0. The van der Waals surface area contributed by atoms with Crippen molar-refractivity contribution in [3.8, 4) is 0 Å². The Morgan fingerprint density at radius 3 is 2.79 bits per heavy atom. The molecule has 2 aliphatic rings. The summed E-state index contributed by atoms with van der Waals surface area (Å²) < 4.78 is 11.8. The lowest BCUT2D eigenvalue weighted by Crippen LogP contribution is -2.45. The Labute approximate surface area is 148 Å². The van der Waals surface area contributed by atoms with E-state index in [0.29, 0.717) is 17.9 Å². The van der Waals surface area contributed by atoms with Crippen LogP contribution in [-0.2, 0) is 14.3 Å². The van der Waals surface area contributed by atoms with Crippen molar-refractivity contribution in [3.63, 3.8) is 0 Å². The number of ether oxygens (including phenoxy) is 2. The van der Waals surface area contributed by atoms with E-state index in [0.717, 1.165) is 22.9 Å². The molecule has 2 unspecified atom stereocenters. The first-order chi connectivity index (χ1) is 11.5. The molecule has 1 aromatic rings. The molecule has 1 aromatic carbocycles. The average molecular weight is 395 g/mol. The van der Waals surface area contributed by atoms with Crippen molar-refractivity contribution in [3.05, 3.63) is 45.6 Å². The van der Waals surface area contributed by atoms with Gasteiger partial charge in [-0.15, -0.1) is 0 Å². The zero-order valence-corrected chi connectivity index (χ0v) is 14.9. The van der Waals surface area contributed by atoms with E-state index >= 15 is 0 Å². The minimum atomic E-state index is -0.538. The molecule has 7 heteroatoms. The second-order valence-electron chi connectivity index (χ2n) is 5.86. The highest BCUT2D eigenvalue weighted by molar-refractivity contribution is 9.10. The van der Waals surface area contributed by atoms with E-state index in [1.54, 1.807) is 6.92 Å². The summed E-state index contributed by atoms with van der Waals surface area (Å²) in [6.07, 6.45) is 1.85. The molecule has 1 fully saturated rings. The van der Waals surface area contributed by atoms with Crippen LogP contribution in [0.15, 0.2) is 40.0 Å². The van der Waals surface area contributed by atoms with Crippen LogP contribution in [0.4, 0.5) is 4.79 Å². The normalized spacial score (nSPS) is 23.7. The largest absolute Gasteiger partial charge is 0.459 e. The van der Waals surface area contributed by atoms with Crippen LogP contribution in [0.1, 0.15) is 31.4 Å². The molecule has 0 spiro atoms. The first kappa shape index (κ1) is 17.0. The van der Waals surface area contributed by atoms with Crippen LogP contribution in [-0.4, -0.2) is 31.3 Å². The lowest BCUT2D eigenvalue weighted by Gasteiger charge is -2.28. The Morgan fingerprint density at radius 2 is 2.12 bits per heavy atom. The molecule has 0 bridgehead atoms. The fourth-order valence-corrected chi connectivity index (χ4v) is 3.16. The predicted octanol–water partition coefficient (Wildman–Crippen LogP) is 2.80. The fraction of sp³-hybridized carbons (Fsp3) is 0.412. The smallest absolute Gasteiger partial charge is 0.338 e. The molecular weight excluding hydrogens is 376 g/mol. The number of hydrogen-bond acceptors (Lipinski definition) is 4. The summed E-state index contributed by atoms with van der Waals surface area (Å²) >= 11 is 3.38. The third kappa shape index (κ3) is 3.79. The van der Waals surface area contributed by atoms with Crippen molar-refractivity contribution in [2.75, 3.05) is 13.2 Å². The standard InChI is InChI=1S/C17H19BrN2O4/c1-10-14(16(21)24-9-13-3-2-8-23-13)15(20-17(22)19-10)11-4-6-12(18)7-5-11/h4-7,13,15H,2-3,8-9H2,1H3,(H2,19,20,22). The van der Waals surface area contributed by atoms with E-state index in [2.05, 4.69) is 26.6 Å². The number of halogens is 1. The molecule has 0 aromatic heterocycles. The summed E-state index contributed by atoms with van der Waals surface area (Å²) in [6.45, 7) is 2.65. The quantitative estimate of drug-likeness (QED) is 0.769. The lowest BCUT2D eigenvalue weighted by molar-refractivity contribution is -0.142. The minimum absolute atomic E-state index is 0.0351. The van der Waals surface area contributed by atoms with Gasteiger partial charge in [-0.1, -0.05) is 28.1 Å². The molecule has 0 radical (unpaired) electrons. The molecule has 128 valence electrons. The van der Waals surface area contributed by atoms with Gasteiger partial charge >= 0.3 is 12.0 Å². The van der Waals surface area contributed by atoms with Crippen molar-refractivity contribution < 1.29 is 19.1 Å². The van der Waals surface area contributed by atoms with Crippen molar-refractivity contribution in [1.29, 1.82) is 0 Å². The van der Waals surface area contributed by atoms with Crippen molar-refractivity contribution >= 4 is 27.9 Å². The molecule has 2 aliphatic heterocycles. The second-order valence-corrected chi connectivity index (χ2v) is 6.77. The number of urea groups is 1. The molecule has 2 atom stereocenters. The lowest BCUT2D eigenvalue weighted by atomic mass is 9.96. The number of allylic oxidation sites excluding steroid dienone is 1. The number of benzene rings is 1. The van der Waals surface area contributed by atoms with Gasteiger partial charge in [-0.25, -0.2) is 9.59 Å². The molecule has 2 amide bonds. The van der Waals surface area contributed by atoms with Crippen molar-refractivity contribution in [1.82, 2.24) is 10.6 Å². The SMILES string of the molecule is CC1=C(C(=O)OCC2CCCO2)C(c2ccc(Br)cc2)NC(=O)N1.